The average Bonchev–Trinajstić information content (AvgIpc) is 2.64. The van der Waals surface area contributed by atoms with Crippen LogP contribution in [0.25, 0.3) is 0 Å². The van der Waals surface area contributed by atoms with E-state index < -0.39 is 0 Å². The van der Waals surface area contributed by atoms with Gasteiger partial charge in [0.25, 0.3) is 0 Å². The minimum Gasteiger partial charge on any atom is -0.379 e. The Bertz CT molecular complexity index is 249. The Kier molecular flexibility index (Phi) is 3.81. The molecule has 0 aromatic rings. The van der Waals surface area contributed by atoms with Gasteiger partial charge in [-0.05, 0) is 44.6 Å². The van der Waals surface area contributed by atoms with Gasteiger partial charge in [-0.2, -0.15) is 0 Å². The Morgan fingerprint density at radius 2 is 1.88 bits per heavy atom. The Balaban J connectivity index is 1.82. The number of nitrogens with zero attached hydrogens (tertiary/aromatic N) is 1. The van der Waals surface area contributed by atoms with E-state index >= 15 is 0 Å². The maximum Gasteiger partial charge on any atom is 0.0659 e. The third kappa shape index (κ3) is 3.43. The quantitative estimate of drug-likeness (QED) is 0.820. The molecule has 0 aromatic carbocycles. The van der Waals surface area contributed by atoms with Gasteiger partial charge >= 0.3 is 0 Å². The van der Waals surface area contributed by atoms with E-state index in [-0.39, 0.29) is 5.54 Å². The highest BCUT2D eigenvalue weighted by molar-refractivity contribution is 4.93. The summed E-state index contributed by atoms with van der Waals surface area (Å²) in [7, 11) is 2.23. The monoisotopic (exact) mass is 240 g/mol. The highest BCUT2D eigenvalue weighted by Gasteiger charge is 2.35. The maximum atomic E-state index is 6.35. The van der Waals surface area contributed by atoms with E-state index in [0.717, 1.165) is 32.2 Å². The Hall–Kier alpha value is -0.120. The molecule has 0 spiro atoms. The van der Waals surface area contributed by atoms with Gasteiger partial charge in [0.15, 0.2) is 0 Å². The van der Waals surface area contributed by atoms with Crippen molar-refractivity contribution in [1.29, 1.82) is 0 Å². The summed E-state index contributed by atoms with van der Waals surface area (Å²) in [5, 5.41) is 0. The van der Waals surface area contributed by atoms with Crippen molar-refractivity contribution in [2.75, 3.05) is 26.8 Å². The number of rotatable bonds is 3. The van der Waals surface area contributed by atoms with Gasteiger partial charge in [-0.25, -0.2) is 0 Å². The van der Waals surface area contributed by atoms with Crippen molar-refractivity contribution in [3.05, 3.63) is 0 Å². The van der Waals surface area contributed by atoms with E-state index in [2.05, 4.69) is 25.8 Å². The molecular formula is C14H28N2O. The van der Waals surface area contributed by atoms with Gasteiger partial charge in [-0.3, -0.25) is 0 Å². The maximum absolute atomic E-state index is 6.35. The number of likely N-dealkylation sites (N-methyl/N-ethyl adjacent to an activating group) is 1. The first-order chi connectivity index (χ1) is 7.90. The van der Waals surface area contributed by atoms with Gasteiger partial charge in [0, 0.05) is 19.2 Å². The van der Waals surface area contributed by atoms with Crippen molar-refractivity contribution in [2.24, 2.45) is 11.1 Å². The molecule has 1 saturated heterocycles. The van der Waals surface area contributed by atoms with Gasteiger partial charge in [0.1, 0.15) is 0 Å². The van der Waals surface area contributed by atoms with Crippen LogP contribution in [-0.2, 0) is 4.74 Å². The fourth-order valence-electron chi connectivity index (χ4n) is 3.20. The van der Waals surface area contributed by atoms with E-state index in [1.165, 1.54) is 25.7 Å². The Morgan fingerprint density at radius 1 is 1.24 bits per heavy atom. The van der Waals surface area contributed by atoms with Gasteiger partial charge in [-0.15, -0.1) is 0 Å². The van der Waals surface area contributed by atoms with Gasteiger partial charge in [0.05, 0.1) is 12.1 Å². The van der Waals surface area contributed by atoms with Gasteiger partial charge < -0.3 is 15.4 Å². The van der Waals surface area contributed by atoms with Crippen LogP contribution in [0, 0.1) is 5.41 Å². The van der Waals surface area contributed by atoms with E-state index in [4.69, 9.17) is 10.5 Å². The number of hydrogen-bond acceptors (Lipinski definition) is 3. The molecule has 2 N–H and O–H groups in total. The first-order valence-corrected chi connectivity index (χ1v) is 6.97. The molecule has 3 heteroatoms. The second-order valence-corrected chi connectivity index (χ2v) is 6.98. The zero-order valence-corrected chi connectivity index (χ0v) is 11.7. The standard InChI is InChI=1S/C14H28N2O/c1-13(2)6-4-12(5-7-13)16(3)10-14(15)8-9-17-11-14/h12H,4-11,15H2,1-3H3. The van der Waals surface area contributed by atoms with Crippen LogP contribution in [0.3, 0.4) is 0 Å². The lowest BCUT2D eigenvalue weighted by atomic mass is 9.75. The first-order valence-electron chi connectivity index (χ1n) is 6.97. The van der Waals surface area contributed by atoms with Crippen LogP contribution in [0.15, 0.2) is 0 Å². The van der Waals surface area contributed by atoms with Crippen LogP contribution in [0.5, 0.6) is 0 Å². The number of nitrogens with two attached hydrogens (primary N) is 1. The third-order valence-electron chi connectivity index (χ3n) is 4.63. The molecule has 2 rings (SSSR count). The van der Waals surface area contributed by atoms with Crippen molar-refractivity contribution in [1.82, 2.24) is 4.90 Å². The summed E-state index contributed by atoms with van der Waals surface area (Å²) < 4.78 is 5.43. The molecule has 1 aliphatic heterocycles. The van der Waals surface area contributed by atoms with Crippen LogP contribution in [0.4, 0.5) is 0 Å². The summed E-state index contributed by atoms with van der Waals surface area (Å²) in [6, 6.07) is 0.726. The highest BCUT2D eigenvalue weighted by Crippen LogP contribution is 2.37. The van der Waals surface area contributed by atoms with Crippen LogP contribution in [0.2, 0.25) is 0 Å². The second kappa shape index (κ2) is 4.87. The van der Waals surface area contributed by atoms with Crippen molar-refractivity contribution >= 4 is 0 Å². The minimum absolute atomic E-state index is 0.0955. The first kappa shape index (κ1) is 13.3. The molecule has 1 atom stereocenters. The van der Waals surface area contributed by atoms with Crippen molar-refractivity contribution < 1.29 is 4.74 Å². The van der Waals surface area contributed by atoms with Crippen LogP contribution >= 0.6 is 0 Å². The smallest absolute Gasteiger partial charge is 0.0659 e. The molecule has 0 aromatic heterocycles. The molecule has 2 fully saturated rings. The lowest BCUT2D eigenvalue weighted by Gasteiger charge is -2.40. The molecule has 100 valence electrons. The summed E-state index contributed by atoms with van der Waals surface area (Å²) >= 11 is 0. The molecule has 1 saturated carbocycles. The SMILES string of the molecule is CN(CC1(N)CCOC1)C1CCC(C)(C)CC1. The summed E-state index contributed by atoms with van der Waals surface area (Å²) in [5.74, 6) is 0. The minimum atomic E-state index is -0.0955. The number of hydrogen-bond donors (Lipinski definition) is 1. The fourth-order valence-corrected chi connectivity index (χ4v) is 3.20. The average molecular weight is 240 g/mol. The van der Waals surface area contributed by atoms with Crippen molar-refractivity contribution in [2.45, 2.75) is 57.5 Å². The van der Waals surface area contributed by atoms with E-state index in [9.17, 15) is 0 Å². The molecule has 17 heavy (non-hydrogen) atoms. The lowest BCUT2D eigenvalue weighted by Crippen LogP contribution is -2.52. The van der Waals surface area contributed by atoms with E-state index in [0.29, 0.717) is 5.41 Å². The molecule has 3 nitrogen and oxygen atoms in total. The second-order valence-electron chi connectivity index (χ2n) is 6.98. The lowest BCUT2D eigenvalue weighted by molar-refractivity contribution is 0.0997. The summed E-state index contributed by atoms with van der Waals surface area (Å²) in [5.41, 5.74) is 6.81. The summed E-state index contributed by atoms with van der Waals surface area (Å²) in [6.07, 6.45) is 6.34. The Morgan fingerprint density at radius 3 is 2.41 bits per heavy atom. The van der Waals surface area contributed by atoms with E-state index in [1.54, 1.807) is 0 Å². The molecule has 1 unspecified atom stereocenters. The normalized spacial score (nSPS) is 34.4. The van der Waals surface area contributed by atoms with Crippen molar-refractivity contribution in [3.63, 3.8) is 0 Å². The zero-order valence-electron chi connectivity index (χ0n) is 11.7. The van der Waals surface area contributed by atoms with Crippen molar-refractivity contribution in [3.8, 4) is 0 Å². The molecule has 1 aliphatic carbocycles. The highest BCUT2D eigenvalue weighted by atomic mass is 16.5. The molecule has 0 radical (unpaired) electrons. The summed E-state index contributed by atoms with van der Waals surface area (Å²) in [6.45, 7) is 7.33. The largest absolute Gasteiger partial charge is 0.379 e. The molecule has 1 heterocycles. The van der Waals surface area contributed by atoms with Crippen LogP contribution < -0.4 is 5.73 Å². The van der Waals surface area contributed by atoms with Gasteiger partial charge in [-0.1, -0.05) is 13.8 Å². The molecular weight excluding hydrogens is 212 g/mol. The molecule has 0 amide bonds. The molecule has 2 aliphatic rings. The van der Waals surface area contributed by atoms with Gasteiger partial charge in [0.2, 0.25) is 0 Å². The molecule has 0 bridgehead atoms. The van der Waals surface area contributed by atoms with E-state index in [1.807, 2.05) is 0 Å². The van der Waals surface area contributed by atoms with Crippen LogP contribution in [-0.4, -0.2) is 43.3 Å². The topological polar surface area (TPSA) is 38.5 Å². The number of ether oxygens (including phenoxy) is 1. The zero-order chi connectivity index (χ0) is 12.5. The predicted molar refractivity (Wildman–Crippen MR) is 71.0 cm³/mol. The third-order valence-corrected chi connectivity index (χ3v) is 4.63. The fraction of sp³-hybridized carbons (Fsp3) is 1.00. The summed E-state index contributed by atoms with van der Waals surface area (Å²) in [4.78, 5) is 2.48. The predicted octanol–water partition coefficient (Wildman–Crippen LogP) is 2.00. The van der Waals surface area contributed by atoms with Crippen LogP contribution in [0.1, 0.15) is 46.0 Å². The Labute approximate surface area is 106 Å².